The molecule has 14 heavy (non-hydrogen) atoms. The summed E-state index contributed by atoms with van der Waals surface area (Å²) in [5, 5.41) is 14.3. The molecule has 7 heteroatoms. The van der Waals surface area contributed by atoms with Crippen molar-refractivity contribution in [2.24, 2.45) is 0 Å². The van der Waals surface area contributed by atoms with Gasteiger partial charge in [0.05, 0.1) is 12.4 Å². The lowest BCUT2D eigenvalue weighted by Gasteiger charge is -2.07. The topological polar surface area (TPSA) is 68.0 Å². The number of rotatable bonds is 3. The molecule has 0 saturated heterocycles. The first kappa shape index (κ1) is 9.14. The molecule has 0 fully saturated rings. The zero-order chi connectivity index (χ0) is 9.97. The van der Waals surface area contributed by atoms with E-state index in [1.54, 1.807) is 16.9 Å². The number of hydrogen-bond donors (Lipinski definition) is 1. The van der Waals surface area contributed by atoms with Crippen molar-refractivity contribution in [2.45, 2.75) is 12.3 Å². The van der Waals surface area contributed by atoms with Crippen LogP contribution in [0.25, 0.3) is 5.65 Å². The summed E-state index contributed by atoms with van der Waals surface area (Å²) in [6.07, 6.45) is 3.25. The Morgan fingerprint density at radius 2 is 2.43 bits per heavy atom. The minimum absolute atomic E-state index is 0.0433. The summed E-state index contributed by atoms with van der Waals surface area (Å²) in [6.45, 7) is 2.55. The van der Waals surface area contributed by atoms with Gasteiger partial charge in [-0.15, -0.1) is 16.7 Å². The fourth-order valence-electron chi connectivity index (χ4n) is 1.04. The summed E-state index contributed by atoms with van der Waals surface area (Å²) in [6, 6.07) is 0. The second kappa shape index (κ2) is 3.75. The number of fused-ring (bicyclic) bond motifs is 1. The first-order valence-corrected chi connectivity index (χ1v) is 4.61. The zero-order valence-corrected chi connectivity index (χ0v) is 8.31. The van der Waals surface area contributed by atoms with Crippen molar-refractivity contribution < 1.29 is 0 Å². The maximum absolute atomic E-state index is 5.81. The number of nitrogens with one attached hydrogen (secondary N) is 1. The van der Waals surface area contributed by atoms with Gasteiger partial charge in [0.25, 0.3) is 0 Å². The van der Waals surface area contributed by atoms with Crippen LogP contribution in [0.5, 0.6) is 0 Å². The number of hydrogen-bond acceptors (Lipinski definition) is 5. The van der Waals surface area contributed by atoms with Crippen LogP contribution in [-0.4, -0.2) is 36.9 Å². The molecule has 0 saturated carbocycles. The molecule has 0 amide bonds. The average molecular weight is 213 g/mol. The molecule has 0 radical (unpaired) electrons. The summed E-state index contributed by atoms with van der Waals surface area (Å²) < 4.78 is 1.58. The standard InChI is InChI=1S/C7H9ClN6/c1-5(8)2-10-6-3-9-4-7-11-12-13-14(6)7/h3-5,10H,2H2,1H3. The molecule has 0 aliphatic rings. The van der Waals surface area contributed by atoms with Crippen LogP contribution < -0.4 is 5.32 Å². The van der Waals surface area contributed by atoms with Crippen molar-refractivity contribution in [3.8, 4) is 0 Å². The number of halogens is 1. The van der Waals surface area contributed by atoms with Crippen LogP contribution in [0.4, 0.5) is 5.82 Å². The number of alkyl halides is 1. The maximum atomic E-state index is 5.81. The summed E-state index contributed by atoms with van der Waals surface area (Å²) in [7, 11) is 0. The Hall–Kier alpha value is -1.43. The fourth-order valence-corrected chi connectivity index (χ4v) is 1.12. The second-order valence-corrected chi connectivity index (χ2v) is 3.65. The molecule has 0 aliphatic carbocycles. The minimum Gasteiger partial charge on any atom is -0.367 e. The minimum atomic E-state index is 0.0433. The number of aromatic nitrogens is 5. The fraction of sp³-hybridized carbons (Fsp3) is 0.429. The molecular formula is C7H9ClN6. The van der Waals surface area contributed by atoms with Crippen LogP contribution in [0.2, 0.25) is 0 Å². The van der Waals surface area contributed by atoms with E-state index in [-0.39, 0.29) is 5.38 Å². The van der Waals surface area contributed by atoms with E-state index in [2.05, 4.69) is 25.8 Å². The third-order valence-corrected chi connectivity index (χ3v) is 1.83. The third kappa shape index (κ3) is 1.74. The number of tetrazole rings is 1. The van der Waals surface area contributed by atoms with Gasteiger partial charge in [-0.3, -0.25) is 4.98 Å². The number of nitrogens with zero attached hydrogens (tertiary/aromatic N) is 5. The Labute approximate surface area is 85.3 Å². The Morgan fingerprint density at radius 3 is 3.21 bits per heavy atom. The largest absolute Gasteiger partial charge is 0.367 e. The molecule has 1 unspecified atom stereocenters. The van der Waals surface area contributed by atoms with Crippen molar-refractivity contribution in [2.75, 3.05) is 11.9 Å². The van der Waals surface area contributed by atoms with Gasteiger partial charge in [0.15, 0.2) is 5.65 Å². The highest BCUT2D eigenvalue weighted by Gasteiger charge is 2.03. The average Bonchev–Trinajstić information content (AvgIpc) is 2.62. The Morgan fingerprint density at radius 1 is 1.57 bits per heavy atom. The Kier molecular flexibility index (Phi) is 2.45. The molecule has 2 heterocycles. The van der Waals surface area contributed by atoms with Gasteiger partial charge in [0.2, 0.25) is 0 Å². The Bertz CT molecular complexity index is 425. The lowest BCUT2D eigenvalue weighted by atomic mass is 10.4. The molecule has 2 aromatic rings. The molecule has 0 aliphatic heterocycles. The summed E-state index contributed by atoms with van der Waals surface area (Å²) >= 11 is 5.81. The molecule has 0 bridgehead atoms. The van der Waals surface area contributed by atoms with Crippen molar-refractivity contribution in [1.29, 1.82) is 0 Å². The number of anilines is 1. The smallest absolute Gasteiger partial charge is 0.199 e. The quantitative estimate of drug-likeness (QED) is 0.753. The van der Waals surface area contributed by atoms with Gasteiger partial charge in [0.1, 0.15) is 5.82 Å². The van der Waals surface area contributed by atoms with Gasteiger partial charge in [-0.2, -0.15) is 4.52 Å². The molecule has 0 aromatic carbocycles. The van der Waals surface area contributed by atoms with Gasteiger partial charge in [0, 0.05) is 11.9 Å². The molecule has 1 N–H and O–H groups in total. The Balaban J connectivity index is 2.27. The normalized spacial score (nSPS) is 13.0. The summed E-state index contributed by atoms with van der Waals surface area (Å²) in [5.74, 6) is 0.736. The third-order valence-electron chi connectivity index (χ3n) is 1.67. The van der Waals surface area contributed by atoms with E-state index in [9.17, 15) is 0 Å². The van der Waals surface area contributed by atoms with Crippen molar-refractivity contribution in [1.82, 2.24) is 25.0 Å². The van der Waals surface area contributed by atoms with Gasteiger partial charge in [-0.05, 0) is 17.4 Å². The van der Waals surface area contributed by atoms with Gasteiger partial charge in [-0.25, -0.2) is 0 Å². The molecule has 6 nitrogen and oxygen atoms in total. The van der Waals surface area contributed by atoms with Gasteiger partial charge < -0.3 is 5.32 Å². The molecule has 2 rings (SSSR count). The lowest BCUT2D eigenvalue weighted by molar-refractivity contribution is 0.816. The summed E-state index contributed by atoms with van der Waals surface area (Å²) in [5.41, 5.74) is 0.609. The van der Waals surface area contributed by atoms with E-state index >= 15 is 0 Å². The highest BCUT2D eigenvalue weighted by molar-refractivity contribution is 6.20. The van der Waals surface area contributed by atoms with E-state index < -0.39 is 0 Å². The maximum Gasteiger partial charge on any atom is 0.199 e. The van der Waals surface area contributed by atoms with E-state index in [4.69, 9.17) is 11.6 Å². The van der Waals surface area contributed by atoms with Crippen LogP contribution in [-0.2, 0) is 0 Å². The predicted octanol–water partition coefficient (Wildman–Crippen LogP) is 0.558. The van der Waals surface area contributed by atoms with Crippen LogP contribution in [0, 0.1) is 0 Å². The van der Waals surface area contributed by atoms with Gasteiger partial charge in [-0.1, -0.05) is 0 Å². The second-order valence-electron chi connectivity index (χ2n) is 2.90. The van der Waals surface area contributed by atoms with Crippen LogP contribution >= 0.6 is 11.6 Å². The van der Waals surface area contributed by atoms with Crippen molar-refractivity contribution in [3.63, 3.8) is 0 Å². The van der Waals surface area contributed by atoms with Crippen LogP contribution in [0.1, 0.15) is 6.92 Å². The van der Waals surface area contributed by atoms with Crippen LogP contribution in [0.3, 0.4) is 0 Å². The highest BCUT2D eigenvalue weighted by atomic mass is 35.5. The van der Waals surface area contributed by atoms with Crippen LogP contribution in [0.15, 0.2) is 12.4 Å². The van der Waals surface area contributed by atoms with E-state index in [1.165, 1.54) is 0 Å². The van der Waals surface area contributed by atoms with Gasteiger partial charge >= 0.3 is 0 Å². The van der Waals surface area contributed by atoms with Crippen molar-refractivity contribution >= 4 is 23.1 Å². The van der Waals surface area contributed by atoms with E-state index in [0.29, 0.717) is 12.2 Å². The van der Waals surface area contributed by atoms with E-state index in [0.717, 1.165) is 5.82 Å². The molecule has 0 spiro atoms. The molecule has 2 aromatic heterocycles. The molecule has 74 valence electrons. The van der Waals surface area contributed by atoms with Crippen molar-refractivity contribution in [3.05, 3.63) is 12.4 Å². The molecular weight excluding hydrogens is 204 g/mol. The zero-order valence-electron chi connectivity index (χ0n) is 7.55. The first-order chi connectivity index (χ1) is 6.77. The molecule has 1 atom stereocenters. The summed E-state index contributed by atoms with van der Waals surface area (Å²) in [4.78, 5) is 3.99. The van der Waals surface area contributed by atoms with E-state index in [1.807, 2.05) is 6.92 Å². The predicted molar refractivity (Wildman–Crippen MR) is 52.4 cm³/mol. The highest BCUT2D eigenvalue weighted by Crippen LogP contribution is 2.06. The first-order valence-electron chi connectivity index (χ1n) is 4.17. The lowest BCUT2D eigenvalue weighted by Crippen LogP contribution is -2.13. The SMILES string of the molecule is CC(Cl)CNc1cncc2nnnn12. The monoisotopic (exact) mass is 212 g/mol.